The highest BCUT2D eigenvalue weighted by atomic mass is 35.5. The van der Waals surface area contributed by atoms with Crippen LogP contribution in [0.15, 0.2) is 47.3 Å². The lowest BCUT2D eigenvalue weighted by Crippen LogP contribution is -2.46. The quantitative estimate of drug-likeness (QED) is 0.449. The minimum absolute atomic E-state index is 0.155. The average molecular weight is 529 g/mol. The Morgan fingerprint density at radius 2 is 1.78 bits per heavy atom. The zero-order valence-corrected chi connectivity index (χ0v) is 22.6. The summed E-state index contributed by atoms with van der Waals surface area (Å²) in [5.74, 6) is 0.161. The van der Waals surface area contributed by atoms with Crippen molar-refractivity contribution in [3.8, 4) is 0 Å². The van der Waals surface area contributed by atoms with E-state index in [0.717, 1.165) is 56.0 Å². The third-order valence-electron chi connectivity index (χ3n) is 7.20. The van der Waals surface area contributed by atoms with Crippen LogP contribution in [0.2, 0.25) is 0 Å². The second-order valence-corrected chi connectivity index (χ2v) is 9.90. The molecule has 1 saturated heterocycles. The third-order valence-corrected chi connectivity index (χ3v) is 7.71. The minimum Gasteiger partial charge on any atom is -0.376 e. The van der Waals surface area contributed by atoms with Crippen molar-refractivity contribution in [2.45, 2.75) is 38.7 Å². The van der Waals surface area contributed by atoms with Gasteiger partial charge in [0.15, 0.2) is 0 Å². The van der Waals surface area contributed by atoms with Crippen LogP contribution >= 0.6 is 11.6 Å². The summed E-state index contributed by atoms with van der Waals surface area (Å²) in [5, 5.41) is 3.97. The van der Waals surface area contributed by atoms with Gasteiger partial charge in [0.1, 0.15) is 0 Å². The van der Waals surface area contributed by atoms with Gasteiger partial charge in [0, 0.05) is 68.0 Å². The number of ether oxygens (including phenoxy) is 1. The zero-order valence-electron chi connectivity index (χ0n) is 21.9. The van der Waals surface area contributed by atoms with Crippen molar-refractivity contribution in [1.29, 1.82) is 0 Å². The highest BCUT2D eigenvalue weighted by molar-refractivity contribution is 6.30. The molecule has 2 heterocycles. The topological polar surface area (TPSA) is 91.8 Å². The highest BCUT2D eigenvalue weighted by Crippen LogP contribution is 2.36. The van der Waals surface area contributed by atoms with E-state index < -0.39 is 0 Å². The first-order valence-corrected chi connectivity index (χ1v) is 13.3. The molecule has 9 nitrogen and oxygen atoms in total. The van der Waals surface area contributed by atoms with Gasteiger partial charge >= 0.3 is 0 Å². The molecule has 1 fully saturated rings. The van der Waals surface area contributed by atoms with E-state index in [1.54, 1.807) is 7.11 Å². The third kappa shape index (κ3) is 7.19. The van der Waals surface area contributed by atoms with E-state index in [2.05, 4.69) is 61.8 Å². The van der Waals surface area contributed by atoms with E-state index in [4.69, 9.17) is 21.2 Å². The summed E-state index contributed by atoms with van der Waals surface area (Å²) < 4.78 is 5.52. The summed E-state index contributed by atoms with van der Waals surface area (Å²) in [4.78, 5) is 31.0. The fourth-order valence-corrected chi connectivity index (χ4v) is 5.27. The van der Waals surface area contributed by atoms with E-state index in [1.165, 1.54) is 12.8 Å². The Morgan fingerprint density at radius 1 is 1.08 bits per heavy atom. The number of carbonyl (C=O) groups is 1. The summed E-state index contributed by atoms with van der Waals surface area (Å²) in [7, 11) is 3.04. The smallest absolute Gasteiger partial charge is 0.247 e. The second-order valence-electron chi connectivity index (χ2n) is 9.49. The molecular formula is C27H37ClN6O3. The number of hydrogen-bond donors (Lipinski definition) is 2. The van der Waals surface area contributed by atoms with Crippen LogP contribution in [0, 0.1) is 5.92 Å². The number of allylic oxidation sites excluding steroid dienone is 1. The van der Waals surface area contributed by atoms with Crippen LogP contribution in [0.4, 0.5) is 17.3 Å². The molecule has 4 rings (SSSR count). The molecule has 37 heavy (non-hydrogen) atoms. The molecule has 1 aliphatic heterocycles. The Kier molecular flexibility index (Phi) is 9.74. The van der Waals surface area contributed by atoms with Gasteiger partial charge < -0.3 is 19.9 Å². The minimum atomic E-state index is -0.284. The summed E-state index contributed by atoms with van der Waals surface area (Å²) in [6.07, 6.45) is 5.93. The number of rotatable bonds is 10. The first kappa shape index (κ1) is 27.3. The lowest BCUT2D eigenvalue weighted by atomic mass is 9.84. The van der Waals surface area contributed by atoms with E-state index in [9.17, 15) is 4.79 Å². The maximum absolute atomic E-state index is 12.3. The molecule has 0 radical (unpaired) electrons. The van der Waals surface area contributed by atoms with E-state index in [0.29, 0.717) is 30.2 Å². The number of aryl methyl sites for hydroxylation is 1. The molecule has 10 heteroatoms. The van der Waals surface area contributed by atoms with Crippen molar-refractivity contribution in [3.63, 3.8) is 0 Å². The van der Waals surface area contributed by atoms with E-state index in [-0.39, 0.29) is 17.9 Å². The molecule has 1 aliphatic carbocycles. The van der Waals surface area contributed by atoms with Gasteiger partial charge in [-0.2, -0.15) is 0 Å². The number of hydroxylamine groups is 1. The molecule has 0 spiro atoms. The van der Waals surface area contributed by atoms with E-state index in [1.807, 2.05) is 12.4 Å². The predicted molar refractivity (Wildman–Crippen MR) is 146 cm³/mol. The fraction of sp³-hybridized carbons (Fsp3) is 0.519. The predicted octanol–water partition coefficient (Wildman–Crippen LogP) is 3.89. The molecule has 2 aromatic rings. The number of benzene rings is 1. The van der Waals surface area contributed by atoms with Gasteiger partial charge in [-0.1, -0.05) is 24.1 Å². The normalized spacial score (nSPS) is 20.7. The van der Waals surface area contributed by atoms with Crippen LogP contribution in [-0.4, -0.2) is 73.8 Å². The number of piperazine rings is 1. The SMILES string of the molecule is CCN1CCN(c2ccc(Nc3ncc(CCC4=C(Cl)C(OC)CC(C(=O)NOC)C4)cn3)cc2)CC1. The highest BCUT2D eigenvalue weighted by Gasteiger charge is 2.32. The standard InChI is InChI=1S/C27H37ClN6O3/c1-4-33-11-13-34(14-12-33)23-9-7-22(8-10-23)31-27-29-17-19(18-30-27)5-6-20-15-21(26(35)32-37-3)16-24(36-2)25(20)28/h7-10,17-18,21,24H,4-6,11-16H2,1-3H3,(H,32,35)(H,29,30,31). The van der Waals surface area contributed by atoms with Crippen molar-refractivity contribution in [3.05, 3.63) is 52.8 Å². The second kappa shape index (κ2) is 13.2. The first-order valence-electron chi connectivity index (χ1n) is 12.9. The van der Waals surface area contributed by atoms with Gasteiger partial charge in [-0.3, -0.25) is 9.63 Å². The number of carbonyl (C=O) groups excluding carboxylic acids is 1. The van der Waals surface area contributed by atoms with Crippen molar-refractivity contribution in [2.75, 3.05) is 57.2 Å². The van der Waals surface area contributed by atoms with Gasteiger partial charge in [-0.15, -0.1) is 0 Å². The molecule has 200 valence electrons. The van der Waals surface area contributed by atoms with Gasteiger partial charge in [0.25, 0.3) is 0 Å². The Morgan fingerprint density at radius 3 is 2.41 bits per heavy atom. The molecular weight excluding hydrogens is 492 g/mol. The van der Waals surface area contributed by atoms with Gasteiger partial charge in [-0.25, -0.2) is 15.4 Å². The fourth-order valence-electron chi connectivity index (χ4n) is 4.92. The Bertz CT molecular complexity index is 1050. The summed E-state index contributed by atoms with van der Waals surface area (Å²) in [5.41, 5.74) is 6.65. The number of aromatic nitrogens is 2. The van der Waals surface area contributed by atoms with Crippen LogP contribution in [0.5, 0.6) is 0 Å². The van der Waals surface area contributed by atoms with Gasteiger partial charge in [0.05, 0.1) is 13.2 Å². The molecule has 2 aliphatic rings. The molecule has 1 amide bonds. The summed E-state index contributed by atoms with van der Waals surface area (Å²) in [6, 6.07) is 8.43. The molecule has 2 atom stereocenters. The van der Waals surface area contributed by atoms with Crippen molar-refractivity contribution >= 4 is 34.8 Å². The monoisotopic (exact) mass is 528 g/mol. The number of likely N-dealkylation sites (N-methyl/N-ethyl adjacent to an activating group) is 1. The zero-order chi connectivity index (χ0) is 26.2. The van der Waals surface area contributed by atoms with Crippen LogP contribution in [0.1, 0.15) is 31.7 Å². The van der Waals surface area contributed by atoms with Crippen molar-refractivity contribution in [1.82, 2.24) is 20.3 Å². The summed E-state index contributed by atoms with van der Waals surface area (Å²) >= 11 is 6.60. The van der Waals surface area contributed by atoms with Crippen LogP contribution in [-0.2, 0) is 20.8 Å². The van der Waals surface area contributed by atoms with Crippen molar-refractivity contribution in [2.24, 2.45) is 5.92 Å². The average Bonchev–Trinajstić information content (AvgIpc) is 2.94. The van der Waals surface area contributed by atoms with Crippen LogP contribution in [0.25, 0.3) is 0 Å². The Labute approximate surface area is 224 Å². The maximum Gasteiger partial charge on any atom is 0.247 e. The number of nitrogens with one attached hydrogen (secondary N) is 2. The van der Waals surface area contributed by atoms with Gasteiger partial charge in [-0.05, 0) is 62.1 Å². The molecule has 2 N–H and O–H groups in total. The molecule has 2 unspecified atom stereocenters. The molecule has 0 bridgehead atoms. The van der Waals surface area contributed by atoms with Crippen LogP contribution < -0.4 is 15.7 Å². The number of hydrogen-bond acceptors (Lipinski definition) is 8. The lowest BCUT2D eigenvalue weighted by Gasteiger charge is -2.35. The maximum atomic E-state index is 12.3. The summed E-state index contributed by atoms with van der Waals surface area (Å²) in [6.45, 7) is 7.66. The van der Waals surface area contributed by atoms with E-state index >= 15 is 0 Å². The number of halogens is 1. The largest absolute Gasteiger partial charge is 0.376 e. The number of anilines is 3. The Balaban J connectivity index is 1.31. The number of nitrogens with zero attached hydrogens (tertiary/aromatic N) is 4. The number of amides is 1. The van der Waals surface area contributed by atoms with Crippen LogP contribution in [0.3, 0.4) is 0 Å². The first-order chi connectivity index (χ1) is 18.0. The van der Waals surface area contributed by atoms with Gasteiger partial charge in [0.2, 0.25) is 11.9 Å². The van der Waals surface area contributed by atoms with Crippen molar-refractivity contribution < 1.29 is 14.4 Å². The lowest BCUT2D eigenvalue weighted by molar-refractivity contribution is -0.136. The molecule has 1 aromatic heterocycles. The Hall–Kier alpha value is -2.72. The number of methoxy groups -OCH3 is 1. The molecule has 0 saturated carbocycles. The molecule has 1 aromatic carbocycles.